The summed E-state index contributed by atoms with van der Waals surface area (Å²) in [5, 5.41) is 19.3. The number of hydrogen-bond acceptors (Lipinski definition) is 5. The van der Waals surface area contributed by atoms with Crippen LogP contribution in [0.2, 0.25) is 0 Å². The molecular weight excluding hydrogens is 439 g/mol. The average molecular weight is 456 g/mol. The minimum atomic E-state index is -2.35. The third-order valence-corrected chi connectivity index (χ3v) is 4.25. The third-order valence-electron chi connectivity index (χ3n) is 4.02. The van der Waals surface area contributed by atoms with Crippen molar-refractivity contribution in [2.45, 2.75) is 35.5 Å². The van der Waals surface area contributed by atoms with Crippen molar-refractivity contribution in [3.05, 3.63) is 35.9 Å². The molecule has 1 heterocycles. The fourth-order valence-corrected chi connectivity index (χ4v) is 2.98. The summed E-state index contributed by atoms with van der Waals surface area (Å²) < 4.78 is 2.34. The molecular formula is C16H17Cl3N2O7. The van der Waals surface area contributed by atoms with Crippen molar-refractivity contribution in [1.29, 1.82) is 0 Å². The zero-order chi connectivity index (χ0) is 20.9. The number of aliphatic carboxylic acids is 1. The molecule has 1 fully saturated rings. The standard InChI is InChI=1S/C16H17Cl3N2O7/c17-16(18,19)28-15(26)21(27-9-10-4-2-1-3-5-10)11-6-7-12(13(22)23)20(8-11)14(24)25/h1-5,11-12H,6-9H2,(H,22,23)(H,24,25)/t11-,12+/m1/s1. The molecule has 2 amide bonds. The van der Waals surface area contributed by atoms with E-state index in [1.165, 1.54) is 0 Å². The molecule has 2 atom stereocenters. The van der Waals surface area contributed by atoms with E-state index in [1.54, 1.807) is 30.3 Å². The molecule has 0 aromatic heterocycles. The first kappa shape index (κ1) is 22.4. The number of likely N-dealkylation sites (tertiary alicyclic amines) is 1. The molecule has 0 aliphatic carbocycles. The smallest absolute Gasteiger partial charge is 0.437 e. The van der Waals surface area contributed by atoms with E-state index in [-0.39, 0.29) is 26.0 Å². The highest BCUT2D eigenvalue weighted by Crippen LogP contribution is 2.30. The van der Waals surface area contributed by atoms with Gasteiger partial charge in [-0.3, -0.25) is 9.74 Å². The molecule has 12 heteroatoms. The first-order valence-corrected chi connectivity index (χ1v) is 9.20. The fraction of sp³-hybridized carbons (Fsp3) is 0.438. The minimum Gasteiger partial charge on any atom is -0.480 e. The summed E-state index contributed by atoms with van der Waals surface area (Å²) in [4.78, 5) is 41.4. The zero-order valence-corrected chi connectivity index (χ0v) is 16.6. The van der Waals surface area contributed by atoms with Crippen LogP contribution in [0.3, 0.4) is 0 Å². The van der Waals surface area contributed by atoms with Gasteiger partial charge in [0.2, 0.25) is 0 Å². The maximum atomic E-state index is 12.4. The quantitative estimate of drug-likeness (QED) is 0.515. The number of carboxylic acids is 1. The van der Waals surface area contributed by atoms with Crippen molar-refractivity contribution in [2.75, 3.05) is 6.54 Å². The van der Waals surface area contributed by atoms with Crippen LogP contribution in [0.5, 0.6) is 0 Å². The van der Waals surface area contributed by atoms with Crippen molar-refractivity contribution in [3.63, 3.8) is 0 Å². The Labute approximate surface area is 175 Å². The number of alkyl halides is 3. The van der Waals surface area contributed by atoms with Gasteiger partial charge in [0.1, 0.15) is 12.6 Å². The normalized spacial score (nSPS) is 19.8. The second-order valence-corrected chi connectivity index (χ2v) is 8.10. The van der Waals surface area contributed by atoms with Gasteiger partial charge < -0.3 is 14.9 Å². The van der Waals surface area contributed by atoms with E-state index in [0.29, 0.717) is 0 Å². The molecule has 0 unspecified atom stereocenters. The number of rotatable bonds is 5. The zero-order valence-electron chi connectivity index (χ0n) is 14.3. The van der Waals surface area contributed by atoms with Crippen LogP contribution in [0.4, 0.5) is 9.59 Å². The molecule has 1 aromatic carbocycles. The van der Waals surface area contributed by atoms with E-state index in [4.69, 9.17) is 39.6 Å². The van der Waals surface area contributed by atoms with Gasteiger partial charge in [0, 0.05) is 6.54 Å². The van der Waals surface area contributed by atoms with Crippen LogP contribution in [0.1, 0.15) is 18.4 Å². The van der Waals surface area contributed by atoms with Crippen LogP contribution < -0.4 is 0 Å². The first-order chi connectivity index (χ1) is 13.1. The highest BCUT2D eigenvalue weighted by molar-refractivity contribution is 6.66. The maximum Gasteiger partial charge on any atom is 0.437 e. The molecule has 1 aliphatic heterocycles. The Hall–Kier alpha value is -1.94. The van der Waals surface area contributed by atoms with Crippen LogP contribution >= 0.6 is 34.8 Å². The van der Waals surface area contributed by atoms with Gasteiger partial charge in [-0.05, 0) is 53.2 Å². The van der Waals surface area contributed by atoms with Crippen LogP contribution in [0.25, 0.3) is 0 Å². The lowest BCUT2D eigenvalue weighted by molar-refractivity contribution is -0.183. The second kappa shape index (κ2) is 9.51. The number of carboxylic acid groups (broad SMARTS) is 2. The number of carbonyl (C=O) groups is 3. The predicted molar refractivity (Wildman–Crippen MR) is 99.0 cm³/mol. The summed E-state index contributed by atoms with van der Waals surface area (Å²) in [6.45, 7) is -0.349. The van der Waals surface area contributed by atoms with Gasteiger partial charge >= 0.3 is 22.1 Å². The predicted octanol–water partition coefficient (Wildman–Crippen LogP) is 3.48. The van der Waals surface area contributed by atoms with Gasteiger partial charge in [-0.1, -0.05) is 30.3 Å². The van der Waals surface area contributed by atoms with E-state index in [2.05, 4.69) is 4.74 Å². The van der Waals surface area contributed by atoms with Gasteiger partial charge in [0.05, 0.1) is 6.04 Å². The number of benzene rings is 1. The fourth-order valence-electron chi connectivity index (χ4n) is 2.78. The van der Waals surface area contributed by atoms with Crippen LogP contribution in [-0.2, 0) is 21.0 Å². The lowest BCUT2D eigenvalue weighted by Crippen LogP contribution is -2.57. The van der Waals surface area contributed by atoms with Gasteiger partial charge in [-0.15, -0.1) is 0 Å². The van der Waals surface area contributed by atoms with Crippen molar-refractivity contribution < 1.29 is 34.2 Å². The lowest BCUT2D eigenvalue weighted by Gasteiger charge is -2.39. The summed E-state index contributed by atoms with van der Waals surface area (Å²) in [5.74, 6) is -1.28. The van der Waals surface area contributed by atoms with Crippen LogP contribution in [0.15, 0.2) is 30.3 Å². The molecule has 1 aliphatic rings. The molecule has 1 aromatic rings. The number of hydrogen-bond donors (Lipinski definition) is 2. The van der Waals surface area contributed by atoms with E-state index in [0.717, 1.165) is 15.5 Å². The molecule has 2 rings (SSSR count). The van der Waals surface area contributed by atoms with E-state index in [1.807, 2.05) is 0 Å². The number of hydroxylamine groups is 2. The second-order valence-electron chi connectivity index (χ2n) is 5.92. The number of piperidine rings is 1. The molecule has 0 spiro atoms. The van der Waals surface area contributed by atoms with Crippen molar-refractivity contribution in [1.82, 2.24) is 9.96 Å². The molecule has 0 saturated carbocycles. The summed E-state index contributed by atoms with van der Waals surface area (Å²) in [6.07, 6.45) is -2.46. The Morgan fingerprint density at radius 3 is 2.32 bits per heavy atom. The summed E-state index contributed by atoms with van der Waals surface area (Å²) >= 11 is 16.5. The Morgan fingerprint density at radius 1 is 1.14 bits per heavy atom. The third kappa shape index (κ3) is 6.30. The minimum absolute atomic E-state index is 0.0292. The van der Waals surface area contributed by atoms with Crippen molar-refractivity contribution in [2.24, 2.45) is 0 Å². The molecule has 2 N–H and O–H groups in total. The molecule has 9 nitrogen and oxygen atoms in total. The number of nitrogens with zero attached hydrogens (tertiary/aromatic N) is 2. The highest BCUT2D eigenvalue weighted by Gasteiger charge is 2.41. The highest BCUT2D eigenvalue weighted by atomic mass is 35.6. The van der Waals surface area contributed by atoms with Gasteiger partial charge in [-0.25, -0.2) is 14.4 Å². The molecule has 28 heavy (non-hydrogen) atoms. The monoisotopic (exact) mass is 454 g/mol. The molecule has 0 bridgehead atoms. The Balaban J connectivity index is 2.18. The number of ether oxygens (including phenoxy) is 1. The SMILES string of the molecule is O=C(O)[C@@H]1CC[C@@H](N(OCc2ccccc2)C(=O)OC(Cl)(Cl)Cl)CN1C(=O)O. The molecule has 0 radical (unpaired) electrons. The summed E-state index contributed by atoms with van der Waals surface area (Å²) in [7, 11) is 0. The Bertz CT molecular complexity index is 714. The Kier molecular flexibility index (Phi) is 7.59. The number of carbonyl (C=O) groups excluding carboxylic acids is 1. The largest absolute Gasteiger partial charge is 0.480 e. The van der Waals surface area contributed by atoms with Crippen LogP contribution in [0, 0.1) is 0 Å². The maximum absolute atomic E-state index is 12.4. The van der Waals surface area contributed by atoms with Gasteiger partial charge in [0.15, 0.2) is 0 Å². The molecule has 1 saturated heterocycles. The van der Waals surface area contributed by atoms with Crippen molar-refractivity contribution >= 4 is 53.0 Å². The average Bonchev–Trinajstić information content (AvgIpc) is 2.61. The lowest BCUT2D eigenvalue weighted by atomic mass is 9.98. The summed E-state index contributed by atoms with van der Waals surface area (Å²) in [6, 6.07) is 6.78. The summed E-state index contributed by atoms with van der Waals surface area (Å²) in [5.41, 5.74) is 0.725. The molecule has 154 valence electrons. The van der Waals surface area contributed by atoms with E-state index < -0.39 is 34.2 Å². The van der Waals surface area contributed by atoms with E-state index in [9.17, 15) is 24.6 Å². The first-order valence-electron chi connectivity index (χ1n) is 8.06. The van der Waals surface area contributed by atoms with Gasteiger partial charge in [0.25, 0.3) is 0 Å². The van der Waals surface area contributed by atoms with Gasteiger partial charge in [-0.2, -0.15) is 5.06 Å². The van der Waals surface area contributed by atoms with Crippen molar-refractivity contribution in [3.8, 4) is 0 Å². The van der Waals surface area contributed by atoms with E-state index >= 15 is 0 Å². The topological polar surface area (TPSA) is 117 Å². The Morgan fingerprint density at radius 2 is 1.79 bits per heavy atom. The van der Waals surface area contributed by atoms with Crippen LogP contribution in [-0.4, -0.2) is 60.9 Å². The number of amides is 2. The number of halogens is 3.